The van der Waals surface area contributed by atoms with E-state index in [0.29, 0.717) is 0 Å². The molecule has 0 aromatic heterocycles. The molecule has 0 aliphatic carbocycles. The third-order valence-corrected chi connectivity index (χ3v) is 4.99. The lowest BCUT2D eigenvalue weighted by molar-refractivity contribution is -0.142. The van der Waals surface area contributed by atoms with Gasteiger partial charge in [-0.3, -0.25) is 5.32 Å². The van der Waals surface area contributed by atoms with Crippen molar-refractivity contribution in [3.8, 4) is 0 Å². The zero-order valence-electron chi connectivity index (χ0n) is 5.89. The maximum absolute atomic E-state index is 11.1. The molecular formula is C6H12NO2P. The average Bonchev–Trinajstić information content (AvgIpc) is 2.54. The van der Waals surface area contributed by atoms with Crippen LogP contribution in [0.2, 0.25) is 0 Å². The standard InChI is InChI=1S/C6H10NO2P.H2/c1-9-5(8)6-4-10(6)3-2-7-6;/h7H,2-4H2,1H3;1H. The van der Waals surface area contributed by atoms with Crippen molar-refractivity contribution in [2.75, 3.05) is 26.0 Å². The highest BCUT2D eigenvalue weighted by Gasteiger charge is 2.63. The van der Waals surface area contributed by atoms with Gasteiger partial charge < -0.3 is 4.74 Å². The van der Waals surface area contributed by atoms with Gasteiger partial charge in [-0.15, -0.1) is 0 Å². The summed E-state index contributed by atoms with van der Waals surface area (Å²) in [4.78, 5) is 11.1. The van der Waals surface area contributed by atoms with Gasteiger partial charge in [-0.05, 0) is 6.16 Å². The van der Waals surface area contributed by atoms with Crippen LogP contribution in [0.3, 0.4) is 0 Å². The number of hydrogen-bond acceptors (Lipinski definition) is 3. The number of hydrogen-bond donors (Lipinski definition) is 1. The van der Waals surface area contributed by atoms with Crippen molar-refractivity contribution in [2.45, 2.75) is 5.28 Å². The second-order valence-corrected chi connectivity index (χ2v) is 5.31. The van der Waals surface area contributed by atoms with Gasteiger partial charge in [0.1, 0.15) is 5.28 Å². The summed E-state index contributed by atoms with van der Waals surface area (Å²) in [6.07, 6.45) is 2.25. The Kier molecular flexibility index (Phi) is 1.26. The molecule has 2 aliphatic heterocycles. The van der Waals surface area contributed by atoms with Crippen LogP contribution in [0.5, 0.6) is 0 Å². The van der Waals surface area contributed by atoms with Crippen molar-refractivity contribution in [3.05, 3.63) is 0 Å². The molecule has 2 aliphatic rings. The molecule has 4 heteroatoms. The Hall–Kier alpha value is -0.140. The predicted octanol–water partition coefficient (Wildman–Crippen LogP) is 0.200. The monoisotopic (exact) mass is 161 g/mol. The Morgan fingerprint density at radius 2 is 2.70 bits per heavy atom. The van der Waals surface area contributed by atoms with Gasteiger partial charge in [0.05, 0.1) is 7.11 Å². The lowest BCUT2D eigenvalue weighted by Gasteiger charge is -2.08. The number of methoxy groups -OCH3 is 1. The number of ether oxygens (including phenoxy) is 1. The second-order valence-electron chi connectivity index (χ2n) is 2.70. The number of esters is 1. The van der Waals surface area contributed by atoms with Gasteiger partial charge in [0.25, 0.3) is 0 Å². The van der Waals surface area contributed by atoms with Crippen molar-refractivity contribution in [1.29, 1.82) is 0 Å². The highest BCUT2D eigenvalue weighted by atomic mass is 31.1. The molecule has 2 unspecified atom stereocenters. The number of fused-ring (bicyclic) bond motifs is 1. The van der Waals surface area contributed by atoms with Crippen LogP contribution >= 0.6 is 7.92 Å². The summed E-state index contributed by atoms with van der Waals surface area (Å²) < 4.78 is 4.69. The molecule has 0 aromatic rings. The van der Waals surface area contributed by atoms with E-state index >= 15 is 0 Å². The van der Waals surface area contributed by atoms with E-state index in [1.54, 1.807) is 0 Å². The molecule has 1 N–H and O–H groups in total. The number of carbonyl (C=O) groups is 1. The molecule has 2 heterocycles. The Balaban J connectivity index is 0.000000605. The first kappa shape index (κ1) is 6.56. The molecule has 10 heavy (non-hydrogen) atoms. The molecule has 3 nitrogen and oxygen atoms in total. The quantitative estimate of drug-likeness (QED) is 0.441. The van der Waals surface area contributed by atoms with Crippen LogP contribution in [0.4, 0.5) is 0 Å². The van der Waals surface area contributed by atoms with Gasteiger partial charge in [-0.1, -0.05) is 7.92 Å². The summed E-state index contributed by atoms with van der Waals surface area (Å²) in [6, 6.07) is 0. The maximum Gasteiger partial charge on any atom is 0.330 e. The van der Waals surface area contributed by atoms with Crippen molar-refractivity contribution in [3.63, 3.8) is 0 Å². The van der Waals surface area contributed by atoms with Crippen molar-refractivity contribution in [2.24, 2.45) is 0 Å². The van der Waals surface area contributed by atoms with Gasteiger partial charge in [-0.2, -0.15) is 0 Å². The van der Waals surface area contributed by atoms with E-state index in [1.807, 2.05) is 0 Å². The molecule has 0 amide bonds. The highest BCUT2D eigenvalue weighted by molar-refractivity contribution is 7.69. The zero-order chi connectivity index (χ0) is 7.19. The minimum atomic E-state index is -0.177. The Bertz CT molecular complexity index is 189. The Morgan fingerprint density at radius 1 is 1.90 bits per heavy atom. The third kappa shape index (κ3) is 0.650. The number of rotatable bonds is 1. The van der Waals surface area contributed by atoms with E-state index in [9.17, 15) is 4.79 Å². The van der Waals surface area contributed by atoms with Gasteiger partial charge >= 0.3 is 5.97 Å². The average molecular weight is 161 g/mol. The third-order valence-electron chi connectivity index (χ3n) is 2.18. The van der Waals surface area contributed by atoms with Crippen LogP contribution in [0, 0.1) is 0 Å². The van der Waals surface area contributed by atoms with Gasteiger partial charge in [0, 0.05) is 14.1 Å². The summed E-state index contributed by atoms with van der Waals surface area (Å²) in [5, 5.41) is 3.04. The Labute approximate surface area is 62.4 Å². The summed E-state index contributed by atoms with van der Waals surface area (Å²) >= 11 is 0. The highest BCUT2D eigenvalue weighted by Crippen LogP contribution is 2.69. The maximum atomic E-state index is 11.1. The van der Waals surface area contributed by atoms with Gasteiger partial charge in [0.2, 0.25) is 0 Å². The van der Waals surface area contributed by atoms with E-state index < -0.39 is 0 Å². The second kappa shape index (κ2) is 1.93. The lowest BCUT2D eigenvalue weighted by atomic mass is 10.3. The van der Waals surface area contributed by atoms with Crippen molar-refractivity contribution < 1.29 is 11.0 Å². The Morgan fingerprint density at radius 3 is 3.10 bits per heavy atom. The van der Waals surface area contributed by atoms with Gasteiger partial charge in [-0.25, -0.2) is 4.79 Å². The van der Waals surface area contributed by atoms with Crippen LogP contribution in [0.15, 0.2) is 0 Å². The first-order valence-corrected chi connectivity index (χ1v) is 5.09. The number of nitrogens with one attached hydrogen (secondary N) is 1. The first-order chi connectivity index (χ1) is 4.79. The van der Waals surface area contributed by atoms with Crippen molar-refractivity contribution >= 4 is 13.9 Å². The summed E-state index contributed by atoms with van der Waals surface area (Å²) in [5.41, 5.74) is 0. The van der Waals surface area contributed by atoms with E-state index in [2.05, 4.69) is 5.32 Å². The van der Waals surface area contributed by atoms with Crippen molar-refractivity contribution in [1.82, 2.24) is 5.32 Å². The molecule has 2 rings (SSSR count). The fourth-order valence-corrected chi connectivity index (χ4v) is 4.14. The molecular weight excluding hydrogens is 149 g/mol. The van der Waals surface area contributed by atoms with Gasteiger partial charge in [0.15, 0.2) is 0 Å². The van der Waals surface area contributed by atoms with E-state index in [0.717, 1.165) is 12.7 Å². The van der Waals surface area contributed by atoms with Crippen LogP contribution in [-0.4, -0.2) is 37.2 Å². The van der Waals surface area contributed by atoms with Crippen LogP contribution in [0.25, 0.3) is 0 Å². The fourth-order valence-electron chi connectivity index (χ4n) is 1.51. The minimum Gasteiger partial charge on any atom is -0.467 e. The largest absolute Gasteiger partial charge is 0.467 e. The molecule has 0 bridgehead atoms. The van der Waals surface area contributed by atoms with Crippen LogP contribution in [-0.2, 0) is 9.53 Å². The molecule has 0 saturated carbocycles. The van der Waals surface area contributed by atoms with E-state index in [4.69, 9.17) is 4.74 Å². The molecule has 2 saturated heterocycles. The minimum absolute atomic E-state index is 0. The lowest BCUT2D eigenvalue weighted by Crippen LogP contribution is -2.38. The molecule has 2 fully saturated rings. The first-order valence-electron chi connectivity index (χ1n) is 3.38. The summed E-state index contributed by atoms with van der Waals surface area (Å²) in [7, 11) is 1.45. The van der Waals surface area contributed by atoms with Crippen LogP contribution in [0.1, 0.15) is 1.43 Å². The number of carbonyl (C=O) groups excluding carboxylic acids is 1. The normalized spacial score (nSPS) is 42.7. The molecule has 0 aromatic carbocycles. The fraction of sp³-hybridized carbons (Fsp3) is 0.833. The SMILES string of the molecule is COC(=O)C12CP1CCN2.[HH]. The topological polar surface area (TPSA) is 38.3 Å². The summed E-state index contributed by atoms with van der Waals surface area (Å²) in [5.74, 6) is -0.0453. The van der Waals surface area contributed by atoms with E-state index in [1.165, 1.54) is 13.3 Å². The zero-order valence-corrected chi connectivity index (χ0v) is 6.78. The molecule has 58 valence electrons. The molecule has 0 radical (unpaired) electrons. The molecule has 2 atom stereocenters. The van der Waals surface area contributed by atoms with Crippen LogP contribution < -0.4 is 5.32 Å². The van der Waals surface area contributed by atoms with E-state index in [-0.39, 0.29) is 20.6 Å². The summed E-state index contributed by atoms with van der Waals surface area (Å²) in [6.45, 7) is 1.00. The molecule has 0 spiro atoms. The smallest absolute Gasteiger partial charge is 0.330 e. The predicted molar refractivity (Wildman–Crippen MR) is 41.5 cm³/mol.